The highest BCUT2D eigenvalue weighted by Crippen LogP contribution is 2.39. The number of hydrogen-bond acceptors (Lipinski definition) is 7. The van der Waals surface area contributed by atoms with Gasteiger partial charge in [-0.25, -0.2) is 0 Å². The molecule has 0 radical (unpaired) electrons. The summed E-state index contributed by atoms with van der Waals surface area (Å²) < 4.78 is 24.3. The van der Waals surface area contributed by atoms with E-state index in [0.29, 0.717) is 18.5 Å². The Morgan fingerprint density at radius 3 is 2.22 bits per heavy atom. The lowest BCUT2D eigenvalue weighted by molar-refractivity contribution is -0.253. The average molecular weight is 609 g/mol. The van der Waals surface area contributed by atoms with Crippen LogP contribution in [0.2, 0.25) is 0 Å². The first kappa shape index (κ1) is 30.8. The maximum atomic E-state index is 12.5. The lowest BCUT2D eigenvalue weighted by Crippen LogP contribution is -2.41. The van der Waals surface area contributed by atoms with Crippen molar-refractivity contribution in [2.45, 2.75) is 51.0 Å². The van der Waals surface area contributed by atoms with Gasteiger partial charge in [0.2, 0.25) is 0 Å². The van der Waals surface area contributed by atoms with Crippen LogP contribution < -0.4 is 14.8 Å². The molecule has 2 heterocycles. The van der Waals surface area contributed by atoms with E-state index in [1.807, 2.05) is 66.7 Å². The third kappa shape index (κ3) is 7.37. The molecule has 6 rings (SSSR count). The van der Waals surface area contributed by atoms with Crippen molar-refractivity contribution in [2.75, 3.05) is 27.3 Å². The molecule has 234 valence electrons. The van der Waals surface area contributed by atoms with E-state index in [2.05, 4.69) is 22.3 Å². The van der Waals surface area contributed by atoms with Crippen molar-refractivity contribution in [1.82, 2.24) is 10.2 Å². The molecular formula is C37H40N2O6. The summed E-state index contributed by atoms with van der Waals surface area (Å²) >= 11 is 0. The predicted octanol–water partition coefficient (Wildman–Crippen LogP) is 5.73. The van der Waals surface area contributed by atoms with Crippen molar-refractivity contribution < 1.29 is 28.8 Å². The number of nitrogens with one attached hydrogen (secondary N) is 1. The average Bonchev–Trinajstić information content (AvgIpc) is 3.10. The van der Waals surface area contributed by atoms with E-state index >= 15 is 0 Å². The number of carbonyl (C=O) groups is 1. The fraction of sp³-hybridized carbons (Fsp3) is 0.324. The summed E-state index contributed by atoms with van der Waals surface area (Å²) in [6.45, 7) is 2.93. The molecule has 1 fully saturated rings. The second kappa shape index (κ2) is 14.3. The van der Waals surface area contributed by atoms with Crippen molar-refractivity contribution in [1.29, 1.82) is 0 Å². The summed E-state index contributed by atoms with van der Waals surface area (Å²) in [5.74, 6) is 1.41. The van der Waals surface area contributed by atoms with E-state index in [9.17, 15) is 9.90 Å². The summed E-state index contributed by atoms with van der Waals surface area (Å²) in [6, 6.07) is 29.4. The second-order valence-corrected chi connectivity index (χ2v) is 11.6. The fourth-order valence-corrected chi connectivity index (χ4v) is 6.08. The highest BCUT2D eigenvalue weighted by Gasteiger charge is 2.34. The van der Waals surface area contributed by atoms with Crippen LogP contribution in [0.3, 0.4) is 0 Å². The number of nitrogens with zero attached hydrogens (tertiary/aromatic N) is 1. The van der Waals surface area contributed by atoms with Gasteiger partial charge >= 0.3 is 0 Å². The van der Waals surface area contributed by atoms with Gasteiger partial charge in [-0.05, 0) is 58.5 Å². The molecule has 1 saturated heterocycles. The number of methoxy groups -OCH3 is 2. The molecule has 2 N–H and O–H groups in total. The Kier molecular flexibility index (Phi) is 9.76. The minimum Gasteiger partial charge on any atom is -0.493 e. The quantitative estimate of drug-likeness (QED) is 0.238. The number of ether oxygens (including phenoxy) is 4. The Morgan fingerprint density at radius 1 is 0.867 bits per heavy atom. The summed E-state index contributed by atoms with van der Waals surface area (Å²) in [7, 11) is 3.34. The largest absolute Gasteiger partial charge is 0.493 e. The Morgan fingerprint density at radius 2 is 1.53 bits per heavy atom. The molecule has 2 aliphatic rings. The molecule has 0 unspecified atom stereocenters. The van der Waals surface area contributed by atoms with E-state index in [1.54, 1.807) is 26.4 Å². The number of carbonyl (C=O) groups excluding carboxylic acids is 1. The van der Waals surface area contributed by atoms with Crippen molar-refractivity contribution in [2.24, 2.45) is 0 Å². The molecule has 8 nitrogen and oxygen atoms in total. The predicted molar refractivity (Wildman–Crippen MR) is 171 cm³/mol. The molecule has 2 aliphatic heterocycles. The standard InChI is InChI=1S/C37H40N2O6/c1-42-34-18-30-16-17-39(22-31(30)19-35(34)43-2)23-32-20-33(27-12-10-26(24-40)11-13-27)45-37(44-32)29-14-8-25(9-15-29)21-38-36(41)28-6-4-3-5-7-28/h3-15,18-19,32-33,37,40H,16-17,20-24H2,1-2H3,(H,38,41)/t32-,33+,37+/m0/s1. The van der Waals surface area contributed by atoms with Gasteiger partial charge in [0.1, 0.15) is 0 Å². The molecular weight excluding hydrogens is 568 g/mol. The van der Waals surface area contributed by atoms with Crippen LogP contribution in [0, 0.1) is 0 Å². The Bertz CT molecular complexity index is 1580. The molecule has 0 spiro atoms. The summed E-state index contributed by atoms with van der Waals surface area (Å²) in [5.41, 5.74) is 7.02. The van der Waals surface area contributed by atoms with Crippen molar-refractivity contribution in [3.05, 3.63) is 130 Å². The van der Waals surface area contributed by atoms with Crippen LogP contribution in [0.15, 0.2) is 91.0 Å². The highest BCUT2D eigenvalue weighted by atomic mass is 16.7. The number of fused-ring (bicyclic) bond motifs is 1. The molecule has 0 aliphatic carbocycles. The second-order valence-electron chi connectivity index (χ2n) is 11.6. The summed E-state index contributed by atoms with van der Waals surface area (Å²) in [5, 5.41) is 12.5. The van der Waals surface area contributed by atoms with Gasteiger partial charge in [0, 0.05) is 43.7 Å². The zero-order valence-corrected chi connectivity index (χ0v) is 25.8. The lowest BCUT2D eigenvalue weighted by Gasteiger charge is -2.39. The fourth-order valence-electron chi connectivity index (χ4n) is 6.08. The van der Waals surface area contributed by atoms with E-state index in [-0.39, 0.29) is 24.7 Å². The zero-order valence-electron chi connectivity index (χ0n) is 25.8. The first-order valence-electron chi connectivity index (χ1n) is 15.4. The third-order valence-corrected chi connectivity index (χ3v) is 8.61. The molecule has 0 saturated carbocycles. The summed E-state index contributed by atoms with van der Waals surface area (Å²) in [6.07, 6.45) is 0.885. The topological polar surface area (TPSA) is 89.5 Å². The minimum absolute atomic E-state index is 0.00537. The van der Waals surface area contributed by atoms with Crippen molar-refractivity contribution in [3.8, 4) is 11.5 Å². The lowest BCUT2D eigenvalue weighted by atomic mass is 9.97. The van der Waals surface area contributed by atoms with Crippen LogP contribution in [0.1, 0.15) is 62.6 Å². The first-order valence-corrected chi connectivity index (χ1v) is 15.4. The van der Waals surface area contributed by atoms with Gasteiger partial charge in [-0.15, -0.1) is 0 Å². The number of benzene rings is 4. The molecule has 3 atom stereocenters. The van der Waals surface area contributed by atoms with Gasteiger partial charge in [-0.3, -0.25) is 9.69 Å². The molecule has 0 aromatic heterocycles. The Labute approximate surface area is 264 Å². The van der Waals surface area contributed by atoms with Crippen LogP contribution in [0.5, 0.6) is 11.5 Å². The van der Waals surface area contributed by atoms with E-state index in [0.717, 1.165) is 59.8 Å². The minimum atomic E-state index is -0.541. The number of hydrogen-bond donors (Lipinski definition) is 2. The van der Waals surface area contributed by atoms with Gasteiger partial charge < -0.3 is 29.4 Å². The van der Waals surface area contributed by atoms with E-state index in [4.69, 9.17) is 18.9 Å². The van der Waals surface area contributed by atoms with Gasteiger partial charge in [0.25, 0.3) is 5.91 Å². The number of rotatable bonds is 10. The van der Waals surface area contributed by atoms with Gasteiger partial charge in [0.05, 0.1) is 33.0 Å². The van der Waals surface area contributed by atoms with Gasteiger partial charge in [-0.2, -0.15) is 0 Å². The molecule has 45 heavy (non-hydrogen) atoms. The molecule has 1 amide bonds. The van der Waals surface area contributed by atoms with Crippen LogP contribution in [-0.2, 0) is 35.6 Å². The van der Waals surface area contributed by atoms with Crippen LogP contribution in [0.25, 0.3) is 0 Å². The molecule has 4 aromatic rings. The van der Waals surface area contributed by atoms with Gasteiger partial charge in [0.15, 0.2) is 17.8 Å². The normalized spacial score (nSPS) is 19.8. The Balaban J connectivity index is 1.16. The SMILES string of the molecule is COc1cc2c(cc1OC)CN(C[C@@H]1C[C@H](c3ccc(CO)cc3)O[C@H](c3ccc(CNC(=O)c4ccccc4)cc3)O1)CC2. The van der Waals surface area contributed by atoms with Crippen LogP contribution in [0.4, 0.5) is 0 Å². The van der Waals surface area contributed by atoms with Crippen molar-refractivity contribution >= 4 is 5.91 Å². The van der Waals surface area contributed by atoms with Crippen LogP contribution >= 0.6 is 0 Å². The summed E-state index contributed by atoms with van der Waals surface area (Å²) in [4.78, 5) is 14.9. The first-order chi connectivity index (χ1) is 22.0. The number of aliphatic hydroxyl groups is 1. The number of amides is 1. The third-order valence-electron chi connectivity index (χ3n) is 8.61. The molecule has 4 aromatic carbocycles. The monoisotopic (exact) mass is 608 g/mol. The van der Waals surface area contributed by atoms with Gasteiger partial charge in [-0.1, -0.05) is 66.7 Å². The maximum Gasteiger partial charge on any atom is 0.251 e. The Hall–Kier alpha value is -4.21. The number of aliphatic hydroxyl groups excluding tert-OH is 1. The smallest absolute Gasteiger partial charge is 0.251 e. The van der Waals surface area contributed by atoms with Crippen molar-refractivity contribution in [3.63, 3.8) is 0 Å². The van der Waals surface area contributed by atoms with Crippen LogP contribution in [-0.4, -0.2) is 49.3 Å². The highest BCUT2D eigenvalue weighted by molar-refractivity contribution is 5.94. The molecule has 0 bridgehead atoms. The molecule has 8 heteroatoms. The van der Waals surface area contributed by atoms with E-state index < -0.39 is 6.29 Å². The maximum absolute atomic E-state index is 12.5. The zero-order chi connectivity index (χ0) is 31.2. The van der Waals surface area contributed by atoms with E-state index in [1.165, 1.54) is 11.1 Å².